The lowest BCUT2D eigenvalue weighted by atomic mass is 9.97. The van der Waals surface area contributed by atoms with E-state index in [0.717, 1.165) is 13.8 Å². The Kier molecular flexibility index (Phi) is 7.58. The number of nitrogens with one attached hydrogen (secondary N) is 1. The molecule has 0 unspecified atom stereocenters. The lowest BCUT2D eigenvalue weighted by Gasteiger charge is -2.42. The molecule has 140 valence electrons. The molecule has 1 N–H and O–H groups in total. The van der Waals surface area contributed by atoms with Crippen LogP contribution >= 0.6 is 34.8 Å². The van der Waals surface area contributed by atoms with Crippen LogP contribution in [-0.2, 0) is 28.5 Å². The van der Waals surface area contributed by atoms with Gasteiger partial charge in [-0.1, -0.05) is 39.9 Å². The fourth-order valence-electron chi connectivity index (χ4n) is 2.13. The predicted octanol–water partition coefficient (Wildman–Crippen LogP) is 2.64. The Balaban J connectivity index is 3.19. The van der Waals surface area contributed by atoms with Crippen LogP contribution in [-0.4, -0.2) is 52.3 Å². The maximum absolute atomic E-state index is 11.4. The molecule has 0 aromatic rings. The molecule has 0 amide bonds. The van der Waals surface area contributed by atoms with Gasteiger partial charge in [-0.15, -0.1) is 0 Å². The second-order valence-electron chi connectivity index (χ2n) is 5.00. The molecule has 0 spiro atoms. The molecule has 0 radical (unpaired) electrons. The first-order valence-corrected chi connectivity index (χ1v) is 7.97. The number of azide groups is 1. The van der Waals surface area contributed by atoms with Gasteiger partial charge < -0.3 is 18.9 Å². The van der Waals surface area contributed by atoms with Gasteiger partial charge >= 0.3 is 11.9 Å². The molecule has 0 aromatic heterocycles. The summed E-state index contributed by atoms with van der Waals surface area (Å²) in [6.07, 6.45) is -4.55. The van der Waals surface area contributed by atoms with Crippen molar-refractivity contribution in [2.24, 2.45) is 5.11 Å². The lowest BCUT2D eigenvalue weighted by Crippen LogP contribution is -2.59. The Hall–Kier alpha value is -1.45. The third-order valence-corrected chi connectivity index (χ3v) is 3.55. The summed E-state index contributed by atoms with van der Waals surface area (Å²) in [5.74, 6) is -2.17. The number of hydrogen-bond acceptors (Lipinski definition) is 8. The first-order chi connectivity index (χ1) is 11.5. The van der Waals surface area contributed by atoms with Gasteiger partial charge in [-0.25, -0.2) is 0 Å². The Labute approximate surface area is 157 Å². The SMILES string of the molecule is CC(=O)O[C@H]1[C@H](N=[N+]=[N-])[C@H](OC(=N)C(Cl)(Cl)Cl)O[C@@H](C)[C@H]1OC(C)=O. The average Bonchev–Trinajstić information content (AvgIpc) is 2.45. The Morgan fingerprint density at radius 3 is 2.12 bits per heavy atom. The Morgan fingerprint density at radius 2 is 1.68 bits per heavy atom. The van der Waals surface area contributed by atoms with E-state index in [9.17, 15) is 9.59 Å². The van der Waals surface area contributed by atoms with Crippen LogP contribution in [0.15, 0.2) is 5.11 Å². The molecular formula is C12H15Cl3N4O6. The number of alkyl halides is 3. The van der Waals surface area contributed by atoms with Crippen molar-refractivity contribution in [1.82, 2.24) is 0 Å². The van der Waals surface area contributed by atoms with Crippen molar-refractivity contribution in [3.05, 3.63) is 10.4 Å². The van der Waals surface area contributed by atoms with E-state index >= 15 is 0 Å². The number of rotatable bonds is 4. The average molecular weight is 418 g/mol. The van der Waals surface area contributed by atoms with Crippen LogP contribution in [0, 0.1) is 5.41 Å². The highest BCUT2D eigenvalue weighted by molar-refractivity contribution is 6.76. The highest BCUT2D eigenvalue weighted by Crippen LogP contribution is 2.33. The molecule has 1 aliphatic heterocycles. The summed E-state index contributed by atoms with van der Waals surface area (Å²) in [5.41, 5.74) is 8.78. The van der Waals surface area contributed by atoms with E-state index in [-0.39, 0.29) is 0 Å². The van der Waals surface area contributed by atoms with Crippen molar-refractivity contribution >= 4 is 52.6 Å². The number of carbonyl (C=O) groups is 2. The molecule has 1 saturated heterocycles. The zero-order valence-corrected chi connectivity index (χ0v) is 15.6. The van der Waals surface area contributed by atoms with E-state index in [0.29, 0.717) is 0 Å². The molecule has 0 aromatic carbocycles. The minimum Gasteiger partial charge on any atom is -0.458 e. The monoisotopic (exact) mass is 416 g/mol. The van der Waals surface area contributed by atoms with E-state index in [1.807, 2.05) is 0 Å². The summed E-state index contributed by atoms with van der Waals surface area (Å²) in [6, 6.07) is -1.30. The van der Waals surface area contributed by atoms with Crippen molar-refractivity contribution in [1.29, 1.82) is 5.41 Å². The minimum absolute atomic E-state index is 0.661. The summed E-state index contributed by atoms with van der Waals surface area (Å²) in [6.45, 7) is 3.78. The quantitative estimate of drug-likeness (QED) is 0.142. The minimum atomic E-state index is -2.18. The van der Waals surface area contributed by atoms with E-state index in [1.54, 1.807) is 0 Å². The molecular weight excluding hydrogens is 403 g/mol. The molecule has 25 heavy (non-hydrogen) atoms. The third-order valence-electron chi connectivity index (χ3n) is 3.03. The number of ether oxygens (including phenoxy) is 4. The Morgan fingerprint density at radius 1 is 1.16 bits per heavy atom. The van der Waals surface area contributed by atoms with Crippen molar-refractivity contribution < 1.29 is 28.5 Å². The summed E-state index contributed by atoms with van der Waals surface area (Å²) in [7, 11) is 0. The van der Waals surface area contributed by atoms with Gasteiger partial charge in [-0.3, -0.25) is 15.0 Å². The summed E-state index contributed by atoms with van der Waals surface area (Å²) >= 11 is 16.6. The van der Waals surface area contributed by atoms with Gasteiger partial charge in [-0.2, -0.15) is 0 Å². The largest absolute Gasteiger partial charge is 0.458 e. The predicted molar refractivity (Wildman–Crippen MR) is 87.5 cm³/mol. The fourth-order valence-corrected chi connectivity index (χ4v) is 2.26. The number of nitrogens with zero attached hydrogens (tertiary/aromatic N) is 3. The normalized spacial score (nSPS) is 29.1. The third kappa shape index (κ3) is 6.09. The van der Waals surface area contributed by atoms with Crippen molar-refractivity contribution in [2.45, 2.75) is 55.2 Å². The molecule has 5 atom stereocenters. The highest BCUT2D eigenvalue weighted by Gasteiger charge is 2.50. The molecule has 13 heteroatoms. The van der Waals surface area contributed by atoms with E-state index in [4.69, 9.17) is 64.7 Å². The molecule has 1 heterocycles. The zero-order valence-electron chi connectivity index (χ0n) is 13.3. The maximum Gasteiger partial charge on any atom is 0.303 e. The number of hydrogen-bond donors (Lipinski definition) is 1. The van der Waals surface area contributed by atoms with Gasteiger partial charge in [0.1, 0.15) is 6.04 Å². The first kappa shape index (κ1) is 21.6. The van der Waals surface area contributed by atoms with Crippen LogP contribution in [0.4, 0.5) is 0 Å². The van der Waals surface area contributed by atoms with Crippen molar-refractivity contribution in [3.63, 3.8) is 0 Å². The molecule has 10 nitrogen and oxygen atoms in total. The van der Waals surface area contributed by atoms with Crippen LogP contribution in [0.3, 0.4) is 0 Å². The topological polar surface area (TPSA) is 144 Å². The number of esters is 2. The smallest absolute Gasteiger partial charge is 0.303 e. The zero-order chi connectivity index (χ0) is 19.4. The van der Waals surface area contributed by atoms with Crippen LogP contribution in [0.25, 0.3) is 10.4 Å². The summed E-state index contributed by atoms with van der Waals surface area (Å²) in [4.78, 5) is 25.3. The van der Waals surface area contributed by atoms with Crippen LogP contribution < -0.4 is 0 Å². The molecule has 1 aliphatic rings. The lowest BCUT2D eigenvalue weighted by molar-refractivity contribution is -0.245. The molecule has 1 rings (SSSR count). The molecule has 0 saturated carbocycles. The van der Waals surface area contributed by atoms with Gasteiger partial charge in [0.25, 0.3) is 3.79 Å². The number of halogens is 3. The van der Waals surface area contributed by atoms with Gasteiger partial charge in [0.05, 0.1) is 6.10 Å². The highest BCUT2D eigenvalue weighted by atomic mass is 35.6. The molecule has 1 fully saturated rings. The molecule has 0 aliphatic carbocycles. The number of carbonyl (C=O) groups excluding carboxylic acids is 2. The summed E-state index contributed by atoms with van der Waals surface area (Å²) < 4.78 is 18.6. The van der Waals surface area contributed by atoms with Crippen LogP contribution in [0.1, 0.15) is 20.8 Å². The second-order valence-corrected chi connectivity index (χ2v) is 7.28. The van der Waals surface area contributed by atoms with Gasteiger partial charge in [0.15, 0.2) is 12.2 Å². The maximum atomic E-state index is 11.4. The van der Waals surface area contributed by atoms with Gasteiger partial charge in [-0.05, 0) is 12.5 Å². The van der Waals surface area contributed by atoms with Crippen molar-refractivity contribution in [3.8, 4) is 0 Å². The Bertz CT molecular complexity index is 592. The van der Waals surface area contributed by atoms with Gasteiger partial charge in [0.2, 0.25) is 12.2 Å². The second kappa shape index (κ2) is 8.77. The van der Waals surface area contributed by atoms with Crippen molar-refractivity contribution in [2.75, 3.05) is 0 Å². The van der Waals surface area contributed by atoms with Crippen LogP contribution in [0.2, 0.25) is 0 Å². The van der Waals surface area contributed by atoms with E-state index < -0.39 is 52.3 Å². The van der Waals surface area contributed by atoms with Crippen LogP contribution in [0.5, 0.6) is 0 Å². The standard InChI is InChI=1S/C12H15Cl3N4O6/c1-4-8(23-5(2)20)9(24-6(3)21)7(18-19-17)10(22-4)25-11(16)12(13,14)15/h4,7-10,16H,1-3H3/t4-,7-,8+,9-,10-/m0/s1. The van der Waals surface area contributed by atoms with E-state index in [2.05, 4.69) is 10.0 Å². The summed E-state index contributed by atoms with van der Waals surface area (Å²) in [5, 5.41) is 11.1. The molecule has 0 bridgehead atoms. The fraction of sp³-hybridized carbons (Fsp3) is 0.750. The van der Waals surface area contributed by atoms with Gasteiger partial charge in [0, 0.05) is 18.8 Å². The first-order valence-electron chi connectivity index (χ1n) is 6.83. The van der Waals surface area contributed by atoms with E-state index in [1.165, 1.54) is 6.92 Å².